The minimum Gasteiger partial charge on any atom is -0.366 e. The number of nitrogens with one attached hydrogen (secondary N) is 1. The van der Waals surface area contributed by atoms with E-state index in [-0.39, 0.29) is 5.91 Å². The zero-order valence-electron chi connectivity index (χ0n) is 16.1. The van der Waals surface area contributed by atoms with Crippen LogP contribution >= 0.6 is 0 Å². The van der Waals surface area contributed by atoms with Crippen molar-refractivity contribution in [3.05, 3.63) is 89.2 Å². The fraction of sp³-hybridized carbons (Fsp3) is 0.0870. The number of primary amides is 1. The van der Waals surface area contributed by atoms with Crippen LogP contribution in [0.4, 0.5) is 5.69 Å². The Morgan fingerprint density at radius 3 is 2.34 bits per heavy atom. The molecule has 0 unspecified atom stereocenters. The van der Waals surface area contributed by atoms with E-state index in [2.05, 4.69) is 42.3 Å². The lowest BCUT2D eigenvalue weighted by Gasteiger charge is -2.10. The Labute approximate surface area is 168 Å². The van der Waals surface area contributed by atoms with Crippen LogP contribution in [0.25, 0.3) is 16.7 Å². The summed E-state index contributed by atoms with van der Waals surface area (Å²) >= 11 is 0. The smallest absolute Gasteiger partial charge is 0.255 e. The van der Waals surface area contributed by atoms with Crippen LogP contribution in [0.1, 0.15) is 31.8 Å². The van der Waals surface area contributed by atoms with E-state index in [1.54, 1.807) is 42.7 Å². The molecule has 144 valence electrons. The van der Waals surface area contributed by atoms with Gasteiger partial charge in [0.2, 0.25) is 5.91 Å². The molecule has 4 rings (SSSR count). The van der Waals surface area contributed by atoms with Crippen molar-refractivity contribution < 1.29 is 9.59 Å². The zero-order chi connectivity index (χ0) is 20.5. The number of hydrogen-bond donors (Lipinski definition) is 2. The summed E-state index contributed by atoms with van der Waals surface area (Å²) in [5, 5.41) is 2.82. The van der Waals surface area contributed by atoms with Crippen LogP contribution in [0.15, 0.2) is 67.0 Å². The van der Waals surface area contributed by atoms with Crippen LogP contribution in [-0.4, -0.2) is 21.4 Å². The van der Waals surface area contributed by atoms with Gasteiger partial charge in [-0.25, -0.2) is 4.98 Å². The first-order valence-corrected chi connectivity index (χ1v) is 9.18. The van der Waals surface area contributed by atoms with E-state index in [1.165, 1.54) is 5.56 Å². The van der Waals surface area contributed by atoms with Crippen LogP contribution in [0.2, 0.25) is 0 Å². The molecule has 0 atom stereocenters. The average Bonchev–Trinajstić information content (AvgIpc) is 3.11. The number of carbonyl (C=O) groups is 2. The van der Waals surface area contributed by atoms with Gasteiger partial charge < -0.3 is 11.1 Å². The molecular formula is C23H20N4O2. The van der Waals surface area contributed by atoms with Crippen molar-refractivity contribution in [2.24, 2.45) is 5.73 Å². The Morgan fingerprint density at radius 2 is 1.66 bits per heavy atom. The van der Waals surface area contributed by atoms with E-state index in [0.717, 1.165) is 22.3 Å². The molecule has 3 aromatic carbocycles. The summed E-state index contributed by atoms with van der Waals surface area (Å²) in [5.41, 5.74) is 11.8. The minimum atomic E-state index is -0.507. The highest BCUT2D eigenvalue weighted by Gasteiger charge is 2.12. The molecule has 1 aromatic heterocycles. The third-order valence-electron chi connectivity index (χ3n) is 4.85. The standard InChI is InChI=1S/C23H20N4O2/c1-14-3-9-20(15(2)11-14)27-13-25-19-12-17(6-10-21(19)27)23(29)26-18-7-4-16(5-8-18)22(24)28/h3-13H,1-2H3,(H2,24,28)(H,26,29). The maximum Gasteiger partial charge on any atom is 0.255 e. The zero-order valence-corrected chi connectivity index (χ0v) is 16.1. The largest absolute Gasteiger partial charge is 0.366 e. The molecule has 0 aliphatic rings. The molecule has 2 amide bonds. The van der Waals surface area contributed by atoms with E-state index in [9.17, 15) is 9.59 Å². The van der Waals surface area contributed by atoms with Crippen LogP contribution in [-0.2, 0) is 0 Å². The summed E-state index contributed by atoms with van der Waals surface area (Å²) in [6, 6.07) is 18.1. The van der Waals surface area contributed by atoms with Gasteiger partial charge in [-0.1, -0.05) is 17.7 Å². The molecule has 4 aromatic rings. The maximum atomic E-state index is 12.6. The van der Waals surface area contributed by atoms with Crippen molar-refractivity contribution in [3.8, 4) is 5.69 Å². The summed E-state index contributed by atoms with van der Waals surface area (Å²) in [7, 11) is 0. The summed E-state index contributed by atoms with van der Waals surface area (Å²) in [6.45, 7) is 4.13. The van der Waals surface area contributed by atoms with Crippen LogP contribution in [0, 0.1) is 13.8 Å². The highest BCUT2D eigenvalue weighted by molar-refractivity contribution is 6.06. The molecule has 3 N–H and O–H groups in total. The maximum absolute atomic E-state index is 12.6. The van der Waals surface area contributed by atoms with Crippen molar-refractivity contribution in [1.29, 1.82) is 0 Å². The Hall–Kier alpha value is -3.93. The predicted molar refractivity (Wildman–Crippen MR) is 113 cm³/mol. The number of nitrogens with zero attached hydrogens (tertiary/aromatic N) is 2. The van der Waals surface area contributed by atoms with E-state index in [0.29, 0.717) is 16.8 Å². The van der Waals surface area contributed by atoms with E-state index in [1.807, 2.05) is 10.6 Å². The number of nitrogens with two attached hydrogens (primary N) is 1. The molecule has 0 aliphatic heterocycles. The number of rotatable bonds is 4. The van der Waals surface area contributed by atoms with Crippen molar-refractivity contribution in [2.45, 2.75) is 13.8 Å². The second-order valence-corrected chi connectivity index (χ2v) is 7.00. The van der Waals surface area contributed by atoms with Gasteiger partial charge in [0.25, 0.3) is 5.91 Å². The molecule has 0 spiro atoms. The predicted octanol–water partition coefficient (Wildman–Crippen LogP) is 3.99. The second kappa shape index (κ2) is 7.24. The number of hydrogen-bond acceptors (Lipinski definition) is 3. The Kier molecular flexibility index (Phi) is 4.60. The van der Waals surface area contributed by atoms with E-state index < -0.39 is 5.91 Å². The molecule has 0 saturated carbocycles. The van der Waals surface area contributed by atoms with Crippen LogP contribution in [0.3, 0.4) is 0 Å². The Bertz CT molecular complexity index is 1240. The molecule has 6 nitrogen and oxygen atoms in total. The van der Waals surface area contributed by atoms with Crippen molar-refractivity contribution in [2.75, 3.05) is 5.32 Å². The first-order chi connectivity index (χ1) is 13.9. The van der Waals surface area contributed by atoms with Gasteiger partial charge >= 0.3 is 0 Å². The average molecular weight is 384 g/mol. The van der Waals surface area contributed by atoms with Crippen LogP contribution < -0.4 is 11.1 Å². The number of carbonyl (C=O) groups excluding carboxylic acids is 2. The number of aryl methyl sites for hydroxylation is 2. The molecule has 29 heavy (non-hydrogen) atoms. The van der Waals surface area contributed by atoms with Gasteiger partial charge in [0, 0.05) is 16.8 Å². The molecule has 0 radical (unpaired) electrons. The first-order valence-electron chi connectivity index (χ1n) is 9.18. The highest BCUT2D eigenvalue weighted by Crippen LogP contribution is 2.23. The normalized spacial score (nSPS) is 10.8. The van der Waals surface area contributed by atoms with E-state index >= 15 is 0 Å². The Morgan fingerprint density at radius 1 is 0.931 bits per heavy atom. The molecule has 1 heterocycles. The number of fused-ring (bicyclic) bond motifs is 1. The third kappa shape index (κ3) is 3.60. The number of aromatic nitrogens is 2. The fourth-order valence-corrected chi connectivity index (χ4v) is 3.34. The summed E-state index contributed by atoms with van der Waals surface area (Å²) in [5.74, 6) is -0.757. The number of benzene rings is 3. The van der Waals surface area contributed by atoms with Gasteiger partial charge in [-0.3, -0.25) is 14.2 Å². The minimum absolute atomic E-state index is 0.250. The topological polar surface area (TPSA) is 90.0 Å². The number of amides is 2. The fourth-order valence-electron chi connectivity index (χ4n) is 3.34. The van der Waals surface area contributed by atoms with Gasteiger partial charge in [-0.15, -0.1) is 0 Å². The van der Waals surface area contributed by atoms with Crippen molar-refractivity contribution >= 4 is 28.5 Å². The quantitative estimate of drug-likeness (QED) is 0.557. The molecule has 0 saturated heterocycles. The van der Waals surface area contributed by atoms with Crippen molar-refractivity contribution in [1.82, 2.24) is 9.55 Å². The lowest BCUT2D eigenvalue weighted by Crippen LogP contribution is -2.13. The molecule has 0 bridgehead atoms. The van der Waals surface area contributed by atoms with Crippen molar-refractivity contribution in [3.63, 3.8) is 0 Å². The third-order valence-corrected chi connectivity index (χ3v) is 4.85. The van der Waals surface area contributed by atoms with E-state index in [4.69, 9.17) is 5.73 Å². The van der Waals surface area contributed by atoms with Gasteiger partial charge in [0.05, 0.1) is 16.7 Å². The number of imidazole rings is 1. The molecule has 6 heteroatoms. The van der Waals surface area contributed by atoms with Gasteiger partial charge in [0.15, 0.2) is 0 Å². The van der Waals surface area contributed by atoms with Gasteiger partial charge in [0.1, 0.15) is 6.33 Å². The van der Waals surface area contributed by atoms with Crippen LogP contribution in [0.5, 0.6) is 0 Å². The Balaban J connectivity index is 1.61. The summed E-state index contributed by atoms with van der Waals surface area (Å²) < 4.78 is 2.02. The summed E-state index contributed by atoms with van der Waals surface area (Å²) in [6.07, 6.45) is 1.77. The monoisotopic (exact) mass is 384 g/mol. The highest BCUT2D eigenvalue weighted by atomic mass is 16.2. The molecule has 0 aliphatic carbocycles. The second-order valence-electron chi connectivity index (χ2n) is 7.00. The number of anilines is 1. The molecule has 0 fully saturated rings. The lowest BCUT2D eigenvalue weighted by molar-refractivity contribution is 0.0998. The van der Waals surface area contributed by atoms with Gasteiger partial charge in [-0.05, 0) is 67.9 Å². The SMILES string of the molecule is Cc1ccc(-n2cnc3cc(C(=O)Nc4ccc(C(N)=O)cc4)ccc32)c(C)c1. The summed E-state index contributed by atoms with van der Waals surface area (Å²) in [4.78, 5) is 28.2. The van der Waals surface area contributed by atoms with Gasteiger partial charge in [-0.2, -0.15) is 0 Å². The molecular weight excluding hydrogens is 364 g/mol. The first kappa shape index (κ1) is 18.4. The lowest BCUT2D eigenvalue weighted by atomic mass is 10.1.